The largest absolute Gasteiger partial charge is 0.249 e. The summed E-state index contributed by atoms with van der Waals surface area (Å²) >= 11 is 3.37. The molecule has 1 heterocycles. The lowest BCUT2D eigenvalue weighted by atomic mass is 10.1. The smallest absolute Gasteiger partial charge is 0.106 e. The van der Waals surface area contributed by atoms with Gasteiger partial charge in [0.15, 0.2) is 0 Å². The van der Waals surface area contributed by atoms with Crippen molar-refractivity contribution in [3.63, 3.8) is 0 Å². The lowest BCUT2D eigenvalue weighted by molar-refractivity contribution is 1.28. The minimum absolute atomic E-state index is 0.872. The molecule has 1 aromatic carbocycles. The Hall–Kier alpha value is -1.15. The van der Waals surface area contributed by atoms with E-state index in [-0.39, 0.29) is 0 Å². The van der Waals surface area contributed by atoms with Crippen LogP contribution in [-0.2, 0) is 0 Å². The van der Waals surface area contributed by atoms with Gasteiger partial charge >= 0.3 is 0 Å². The number of aryl methyl sites for hydroxylation is 1. The Morgan fingerprint density at radius 1 is 1.07 bits per heavy atom. The minimum atomic E-state index is 0.872. The monoisotopic (exact) mass is 247 g/mol. The molecule has 0 amide bonds. The molecule has 0 unspecified atom stereocenters. The van der Waals surface area contributed by atoms with Gasteiger partial charge in [-0.05, 0) is 46.1 Å². The van der Waals surface area contributed by atoms with E-state index in [0.29, 0.717) is 0 Å². The van der Waals surface area contributed by atoms with Gasteiger partial charge < -0.3 is 0 Å². The van der Waals surface area contributed by atoms with Crippen molar-refractivity contribution in [2.24, 2.45) is 0 Å². The second kappa shape index (κ2) is 3.93. The van der Waals surface area contributed by atoms with Gasteiger partial charge in [0.1, 0.15) is 4.60 Å². The molecular weight excluding hydrogens is 238 g/mol. The molecular formula is C12H10BrN. The fraction of sp³-hybridized carbons (Fsp3) is 0.0833. The van der Waals surface area contributed by atoms with Crippen LogP contribution in [0.4, 0.5) is 0 Å². The number of nitrogens with zero attached hydrogens (tertiary/aromatic N) is 1. The Balaban J connectivity index is 2.49. The number of hydrogen-bond acceptors (Lipinski definition) is 1. The van der Waals surface area contributed by atoms with Crippen molar-refractivity contribution in [1.82, 2.24) is 4.98 Å². The van der Waals surface area contributed by atoms with Gasteiger partial charge in [0.05, 0.1) is 0 Å². The van der Waals surface area contributed by atoms with Crippen molar-refractivity contribution >= 4 is 15.9 Å². The molecule has 70 valence electrons. The van der Waals surface area contributed by atoms with Crippen molar-refractivity contribution in [1.29, 1.82) is 0 Å². The van der Waals surface area contributed by atoms with Gasteiger partial charge in [-0.1, -0.05) is 29.8 Å². The van der Waals surface area contributed by atoms with Crippen LogP contribution in [0.3, 0.4) is 0 Å². The van der Waals surface area contributed by atoms with E-state index in [1.54, 1.807) is 0 Å². The lowest BCUT2D eigenvalue weighted by Gasteiger charge is -2.02. The van der Waals surface area contributed by atoms with Crippen molar-refractivity contribution in [2.45, 2.75) is 6.92 Å². The van der Waals surface area contributed by atoms with Crippen LogP contribution in [0, 0.1) is 6.92 Å². The van der Waals surface area contributed by atoms with Crippen molar-refractivity contribution in [3.8, 4) is 11.1 Å². The van der Waals surface area contributed by atoms with E-state index in [1.165, 1.54) is 16.7 Å². The Bertz CT molecular complexity index is 408. The number of aromatic nitrogens is 1. The van der Waals surface area contributed by atoms with Crippen LogP contribution in [0.25, 0.3) is 11.1 Å². The molecule has 1 aromatic heterocycles. The van der Waals surface area contributed by atoms with Crippen LogP contribution in [-0.4, -0.2) is 4.98 Å². The standard InChI is InChI=1S/C12H10BrN/c1-9-3-2-4-10(7-9)11-5-6-14-12(13)8-11/h2-8H,1H3. The average molecular weight is 248 g/mol. The van der Waals surface area contributed by atoms with E-state index < -0.39 is 0 Å². The van der Waals surface area contributed by atoms with Gasteiger partial charge in [0.25, 0.3) is 0 Å². The summed E-state index contributed by atoms with van der Waals surface area (Å²) in [7, 11) is 0. The van der Waals surface area contributed by atoms with Crippen LogP contribution in [0.1, 0.15) is 5.56 Å². The second-order valence-corrected chi connectivity index (χ2v) is 4.05. The maximum Gasteiger partial charge on any atom is 0.106 e. The minimum Gasteiger partial charge on any atom is -0.249 e. The Kier molecular flexibility index (Phi) is 2.64. The summed E-state index contributed by atoms with van der Waals surface area (Å²) in [5, 5.41) is 0. The zero-order valence-corrected chi connectivity index (χ0v) is 9.45. The topological polar surface area (TPSA) is 12.9 Å². The highest BCUT2D eigenvalue weighted by atomic mass is 79.9. The molecule has 0 spiro atoms. The van der Waals surface area contributed by atoms with Crippen LogP contribution < -0.4 is 0 Å². The van der Waals surface area contributed by atoms with Crippen LogP contribution in [0.15, 0.2) is 47.2 Å². The first-order valence-corrected chi connectivity index (χ1v) is 5.23. The molecule has 14 heavy (non-hydrogen) atoms. The maximum absolute atomic E-state index is 4.10. The summed E-state index contributed by atoms with van der Waals surface area (Å²) in [6, 6.07) is 12.5. The molecule has 0 atom stereocenters. The fourth-order valence-electron chi connectivity index (χ4n) is 1.41. The van der Waals surface area contributed by atoms with Gasteiger partial charge in [-0.3, -0.25) is 0 Å². The molecule has 0 radical (unpaired) electrons. The van der Waals surface area contributed by atoms with E-state index in [0.717, 1.165) is 4.60 Å². The number of rotatable bonds is 1. The third-order valence-electron chi connectivity index (χ3n) is 2.08. The van der Waals surface area contributed by atoms with Gasteiger partial charge in [-0.25, -0.2) is 4.98 Å². The highest BCUT2D eigenvalue weighted by Gasteiger charge is 1.98. The van der Waals surface area contributed by atoms with Gasteiger partial charge in [0, 0.05) is 6.20 Å². The molecule has 2 aromatic rings. The molecule has 2 heteroatoms. The summed E-state index contributed by atoms with van der Waals surface area (Å²) in [4.78, 5) is 4.10. The van der Waals surface area contributed by atoms with Crippen LogP contribution in [0.5, 0.6) is 0 Å². The highest BCUT2D eigenvalue weighted by Crippen LogP contribution is 2.21. The van der Waals surface area contributed by atoms with Gasteiger partial charge in [0.2, 0.25) is 0 Å². The normalized spacial score (nSPS) is 10.1. The van der Waals surface area contributed by atoms with Gasteiger partial charge in [-0.2, -0.15) is 0 Å². The van der Waals surface area contributed by atoms with E-state index in [2.05, 4.69) is 52.1 Å². The average Bonchev–Trinajstić information content (AvgIpc) is 2.18. The zero-order valence-electron chi connectivity index (χ0n) is 7.87. The van der Waals surface area contributed by atoms with Crippen molar-refractivity contribution in [3.05, 3.63) is 52.8 Å². The molecule has 0 aliphatic rings. The maximum atomic E-state index is 4.10. The number of pyridine rings is 1. The van der Waals surface area contributed by atoms with Crippen molar-refractivity contribution in [2.75, 3.05) is 0 Å². The summed E-state index contributed by atoms with van der Waals surface area (Å²) < 4.78 is 0.872. The van der Waals surface area contributed by atoms with E-state index >= 15 is 0 Å². The fourth-order valence-corrected chi connectivity index (χ4v) is 1.77. The SMILES string of the molecule is Cc1cccc(-c2ccnc(Br)c2)c1. The van der Waals surface area contributed by atoms with Crippen LogP contribution in [0.2, 0.25) is 0 Å². The Morgan fingerprint density at radius 2 is 1.86 bits per heavy atom. The Morgan fingerprint density at radius 3 is 2.57 bits per heavy atom. The summed E-state index contributed by atoms with van der Waals surface area (Å²) in [5.41, 5.74) is 3.69. The summed E-state index contributed by atoms with van der Waals surface area (Å²) in [6.07, 6.45) is 1.81. The predicted octanol–water partition coefficient (Wildman–Crippen LogP) is 3.82. The molecule has 0 saturated heterocycles. The molecule has 0 saturated carbocycles. The second-order valence-electron chi connectivity index (χ2n) is 3.24. The van der Waals surface area contributed by atoms with E-state index in [4.69, 9.17) is 0 Å². The lowest BCUT2D eigenvalue weighted by Crippen LogP contribution is -1.81. The molecule has 0 aliphatic carbocycles. The first-order chi connectivity index (χ1) is 6.75. The van der Waals surface area contributed by atoms with Crippen molar-refractivity contribution < 1.29 is 0 Å². The highest BCUT2D eigenvalue weighted by molar-refractivity contribution is 9.10. The summed E-state index contributed by atoms with van der Waals surface area (Å²) in [6.45, 7) is 2.10. The van der Waals surface area contributed by atoms with Crippen LogP contribution >= 0.6 is 15.9 Å². The molecule has 0 fully saturated rings. The zero-order chi connectivity index (χ0) is 9.97. The Labute approximate surface area is 91.9 Å². The third kappa shape index (κ3) is 2.02. The molecule has 0 bridgehead atoms. The summed E-state index contributed by atoms with van der Waals surface area (Å²) in [5.74, 6) is 0. The molecule has 0 aliphatic heterocycles. The first kappa shape index (κ1) is 9.41. The number of hydrogen-bond donors (Lipinski definition) is 0. The number of benzene rings is 1. The molecule has 2 rings (SSSR count). The molecule has 0 N–H and O–H groups in total. The predicted molar refractivity (Wildman–Crippen MR) is 62.1 cm³/mol. The quantitative estimate of drug-likeness (QED) is 0.699. The number of halogens is 1. The molecule has 1 nitrogen and oxygen atoms in total. The van der Waals surface area contributed by atoms with E-state index in [1.807, 2.05) is 18.3 Å². The van der Waals surface area contributed by atoms with Gasteiger partial charge in [-0.15, -0.1) is 0 Å². The third-order valence-corrected chi connectivity index (χ3v) is 2.51. The van der Waals surface area contributed by atoms with E-state index in [9.17, 15) is 0 Å². The first-order valence-electron chi connectivity index (χ1n) is 4.44.